The van der Waals surface area contributed by atoms with Crippen LogP contribution in [0.1, 0.15) is 5.69 Å². The van der Waals surface area contributed by atoms with E-state index in [2.05, 4.69) is 30.7 Å². The molecule has 0 spiro atoms. The van der Waals surface area contributed by atoms with Gasteiger partial charge in [0, 0.05) is 29.5 Å². The highest BCUT2D eigenvalue weighted by molar-refractivity contribution is 9.10. The van der Waals surface area contributed by atoms with Gasteiger partial charge in [-0.05, 0) is 28.9 Å². The van der Waals surface area contributed by atoms with Gasteiger partial charge in [-0.25, -0.2) is 13.4 Å². The lowest BCUT2D eigenvalue weighted by Crippen LogP contribution is -2.15. The summed E-state index contributed by atoms with van der Waals surface area (Å²) < 4.78 is 34.2. The smallest absolute Gasteiger partial charge is 0.268 e. The van der Waals surface area contributed by atoms with Crippen molar-refractivity contribution < 1.29 is 13.2 Å². The van der Waals surface area contributed by atoms with Crippen LogP contribution in [0.4, 0.5) is 5.82 Å². The summed E-state index contributed by atoms with van der Waals surface area (Å²) in [6, 6.07) is 3.05. The third-order valence-electron chi connectivity index (χ3n) is 2.62. The summed E-state index contributed by atoms with van der Waals surface area (Å²) in [7, 11) is -0.734. The second-order valence-electron chi connectivity index (χ2n) is 4.06. The first-order valence-corrected chi connectivity index (χ1v) is 7.84. The number of rotatable bonds is 4. The van der Waals surface area contributed by atoms with Crippen LogP contribution < -0.4 is 9.46 Å². The van der Waals surface area contributed by atoms with E-state index in [1.54, 1.807) is 17.8 Å². The molecule has 2 aromatic heterocycles. The Morgan fingerprint density at radius 1 is 1.40 bits per heavy atom. The summed E-state index contributed by atoms with van der Waals surface area (Å²) in [6.07, 6.45) is 1.46. The zero-order valence-corrected chi connectivity index (χ0v) is 13.5. The van der Waals surface area contributed by atoms with Crippen LogP contribution in [-0.4, -0.2) is 30.3 Å². The Morgan fingerprint density at radius 3 is 2.65 bits per heavy atom. The van der Waals surface area contributed by atoms with Crippen molar-refractivity contribution in [2.45, 2.75) is 11.8 Å². The van der Waals surface area contributed by atoms with Crippen LogP contribution in [0.15, 0.2) is 27.7 Å². The van der Waals surface area contributed by atoms with Crippen molar-refractivity contribution in [1.29, 1.82) is 0 Å². The van der Waals surface area contributed by atoms with Crippen molar-refractivity contribution in [1.82, 2.24) is 14.8 Å². The van der Waals surface area contributed by atoms with Gasteiger partial charge < -0.3 is 4.74 Å². The summed E-state index contributed by atoms with van der Waals surface area (Å²) in [6.45, 7) is 1.83. The third-order valence-corrected chi connectivity index (χ3v) is 4.40. The molecule has 0 unspecified atom stereocenters. The summed E-state index contributed by atoms with van der Waals surface area (Å²) >= 11 is 3.19. The summed E-state index contributed by atoms with van der Waals surface area (Å²) in [5, 5.41) is 4.05. The highest BCUT2D eigenvalue weighted by atomic mass is 79.9. The zero-order valence-electron chi connectivity index (χ0n) is 11.1. The Hall–Kier alpha value is -1.61. The quantitative estimate of drug-likeness (QED) is 0.896. The third kappa shape index (κ3) is 2.93. The van der Waals surface area contributed by atoms with Crippen LogP contribution in [0, 0.1) is 6.92 Å². The fourth-order valence-corrected chi connectivity index (χ4v) is 3.17. The molecule has 0 fully saturated rings. The number of pyridine rings is 1. The van der Waals surface area contributed by atoms with Gasteiger partial charge in [0.15, 0.2) is 10.7 Å². The molecule has 2 rings (SSSR count). The van der Waals surface area contributed by atoms with E-state index in [1.807, 2.05) is 6.92 Å². The minimum Gasteiger partial charge on any atom is -0.480 e. The van der Waals surface area contributed by atoms with Gasteiger partial charge in [0.2, 0.25) is 5.88 Å². The van der Waals surface area contributed by atoms with Gasteiger partial charge in [-0.2, -0.15) is 5.10 Å². The first kappa shape index (κ1) is 14.8. The second kappa shape index (κ2) is 5.41. The predicted octanol–water partition coefficient (Wildman–Crippen LogP) is 1.70. The number of nitrogens with zero attached hydrogens (tertiary/aromatic N) is 3. The maximum atomic E-state index is 12.4. The van der Waals surface area contributed by atoms with Crippen LogP contribution in [0.2, 0.25) is 0 Å². The molecule has 0 bridgehead atoms. The molecule has 0 aliphatic carbocycles. The number of hydrogen-bond donors (Lipinski definition) is 1. The number of halogens is 1. The van der Waals surface area contributed by atoms with E-state index in [-0.39, 0.29) is 16.6 Å². The first-order valence-electron chi connectivity index (χ1n) is 5.56. The zero-order chi connectivity index (χ0) is 14.9. The largest absolute Gasteiger partial charge is 0.480 e. The van der Waals surface area contributed by atoms with Crippen molar-refractivity contribution >= 4 is 31.8 Å². The van der Waals surface area contributed by atoms with Crippen LogP contribution >= 0.6 is 15.9 Å². The molecular formula is C11H13BrN4O3S. The van der Waals surface area contributed by atoms with E-state index in [0.717, 1.165) is 5.69 Å². The van der Waals surface area contributed by atoms with Gasteiger partial charge in [-0.1, -0.05) is 0 Å². The predicted molar refractivity (Wildman–Crippen MR) is 77.2 cm³/mol. The molecule has 2 heterocycles. The highest BCUT2D eigenvalue weighted by Crippen LogP contribution is 2.26. The van der Waals surface area contributed by atoms with E-state index in [9.17, 15) is 8.42 Å². The van der Waals surface area contributed by atoms with Gasteiger partial charge in [-0.15, -0.1) is 0 Å². The second-order valence-corrected chi connectivity index (χ2v) is 6.63. The highest BCUT2D eigenvalue weighted by Gasteiger charge is 2.22. The minimum absolute atomic E-state index is 0.0216. The van der Waals surface area contributed by atoms with Gasteiger partial charge in [0.1, 0.15) is 0 Å². The average Bonchev–Trinajstić information content (AvgIpc) is 2.67. The number of aryl methyl sites for hydroxylation is 2. The number of sulfonamides is 1. The lowest BCUT2D eigenvalue weighted by atomic mass is 10.5. The lowest BCUT2D eigenvalue weighted by molar-refractivity contribution is 0.385. The van der Waals surface area contributed by atoms with Gasteiger partial charge >= 0.3 is 0 Å². The van der Waals surface area contributed by atoms with Gasteiger partial charge in [0.05, 0.1) is 7.11 Å². The summed E-state index contributed by atoms with van der Waals surface area (Å²) in [4.78, 5) is 3.86. The molecule has 0 saturated carbocycles. The molecule has 0 amide bonds. The Kier molecular flexibility index (Phi) is 4.00. The standard InChI is InChI=1S/C11H13BrN4O3S/c1-7-4-10(14-16(7)2)15-20(17,18)9-5-8(12)6-13-11(9)19-3/h4-6H,1-3H3,(H,14,15). The number of anilines is 1. The Balaban J connectivity index is 2.42. The fraction of sp³-hybridized carbons (Fsp3) is 0.273. The summed E-state index contributed by atoms with van der Waals surface area (Å²) in [5.74, 6) is 0.264. The van der Waals surface area contributed by atoms with E-state index < -0.39 is 10.0 Å². The number of nitrogens with one attached hydrogen (secondary N) is 1. The molecule has 0 radical (unpaired) electrons. The fourth-order valence-electron chi connectivity index (χ4n) is 1.56. The summed E-state index contributed by atoms with van der Waals surface area (Å²) in [5.41, 5.74) is 0.835. The molecule has 108 valence electrons. The number of hydrogen-bond acceptors (Lipinski definition) is 5. The van der Waals surface area contributed by atoms with Crippen LogP contribution in [-0.2, 0) is 17.1 Å². The molecule has 7 nitrogen and oxygen atoms in total. The number of methoxy groups -OCH3 is 1. The van der Waals surface area contributed by atoms with Crippen LogP contribution in [0.5, 0.6) is 5.88 Å². The molecular weight excluding hydrogens is 348 g/mol. The first-order chi connectivity index (χ1) is 9.33. The molecule has 0 aliphatic rings. The average molecular weight is 361 g/mol. The molecule has 20 heavy (non-hydrogen) atoms. The van der Waals surface area contributed by atoms with Crippen LogP contribution in [0.3, 0.4) is 0 Å². The van der Waals surface area contributed by atoms with Gasteiger partial charge in [-0.3, -0.25) is 9.40 Å². The van der Waals surface area contributed by atoms with Crippen LogP contribution in [0.25, 0.3) is 0 Å². The Bertz CT molecular complexity index is 723. The number of aromatic nitrogens is 3. The topological polar surface area (TPSA) is 86.1 Å². The van der Waals surface area contributed by atoms with E-state index in [4.69, 9.17) is 4.74 Å². The van der Waals surface area contributed by atoms with Crippen molar-refractivity contribution in [3.63, 3.8) is 0 Å². The number of ether oxygens (including phenoxy) is 1. The molecule has 0 aliphatic heterocycles. The lowest BCUT2D eigenvalue weighted by Gasteiger charge is -2.09. The normalized spacial score (nSPS) is 11.4. The van der Waals surface area contributed by atoms with Gasteiger partial charge in [0.25, 0.3) is 10.0 Å². The maximum absolute atomic E-state index is 12.4. The van der Waals surface area contributed by atoms with Crippen molar-refractivity contribution in [2.24, 2.45) is 7.05 Å². The molecule has 2 aromatic rings. The van der Waals surface area contributed by atoms with Crippen molar-refractivity contribution in [3.05, 3.63) is 28.5 Å². The van der Waals surface area contributed by atoms with Crippen molar-refractivity contribution in [2.75, 3.05) is 11.8 Å². The molecule has 0 aromatic carbocycles. The SMILES string of the molecule is COc1ncc(Br)cc1S(=O)(=O)Nc1cc(C)n(C)n1. The minimum atomic E-state index is -3.83. The van der Waals surface area contributed by atoms with E-state index in [1.165, 1.54) is 19.4 Å². The van der Waals surface area contributed by atoms with E-state index >= 15 is 0 Å². The molecule has 1 N–H and O–H groups in total. The molecule has 0 atom stereocenters. The monoisotopic (exact) mass is 360 g/mol. The maximum Gasteiger partial charge on any atom is 0.268 e. The van der Waals surface area contributed by atoms with Crippen molar-refractivity contribution in [3.8, 4) is 5.88 Å². The Morgan fingerprint density at radius 2 is 2.10 bits per heavy atom. The van der Waals surface area contributed by atoms with E-state index in [0.29, 0.717) is 4.47 Å². The Labute approximate surface area is 125 Å². The molecule has 9 heteroatoms. The molecule has 0 saturated heterocycles.